The van der Waals surface area contributed by atoms with Gasteiger partial charge in [0.2, 0.25) is 0 Å². The maximum absolute atomic E-state index is 12.0. The van der Waals surface area contributed by atoms with Crippen molar-refractivity contribution < 1.29 is 9.53 Å². The van der Waals surface area contributed by atoms with Crippen molar-refractivity contribution >= 4 is 28.3 Å². The molecule has 7 heteroatoms. The van der Waals surface area contributed by atoms with Crippen LogP contribution in [-0.4, -0.2) is 55.1 Å². The molecule has 0 aliphatic rings. The number of anilines is 2. The summed E-state index contributed by atoms with van der Waals surface area (Å²) < 4.78 is 9.19. The molecule has 0 radical (unpaired) electrons. The van der Waals surface area contributed by atoms with Gasteiger partial charge in [-0.05, 0) is 46.4 Å². The fourth-order valence-corrected chi connectivity index (χ4v) is 3.14. The number of nitrogen functional groups attached to an aromatic ring is 1. The van der Waals surface area contributed by atoms with Crippen molar-refractivity contribution in [3.05, 3.63) is 5.56 Å². The van der Waals surface area contributed by atoms with Crippen LogP contribution in [0.1, 0.15) is 31.1 Å². The predicted molar refractivity (Wildman–Crippen MR) is 83.5 cm³/mol. The number of nitrogens with two attached hydrogens (primary N) is 1. The van der Waals surface area contributed by atoms with Crippen molar-refractivity contribution in [1.82, 2.24) is 9.27 Å². The molecule has 0 saturated heterocycles. The summed E-state index contributed by atoms with van der Waals surface area (Å²) >= 11 is 1.25. The molecule has 114 valence electrons. The smallest absolute Gasteiger partial charge is 0.345 e. The minimum atomic E-state index is -0.399. The Kier molecular flexibility index (Phi) is 6.22. The Morgan fingerprint density at radius 3 is 2.60 bits per heavy atom. The number of esters is 1. The molecule has 0 spiro atoms. The molecule has 1 rings (SSSR count). The third kappa shape index (κ3) is 3.83. The Balaban J connectivity index is 3.07. The number of carbonyl (C=O) groups excluding carboxylic acids is 1. The molecule has 0 fully saturated rings. The summed E-state index contributed by atoms with van der Waals surface area (Å²) in [5, 5.41) is 0.790. The Labute approximate surface area is 124 Å². The minimum absolute atomic E-state index is 0.249. The number of hydrogen-bond acceptors (Lipinski definition) is 7. The Bertz CT molecular complexity index is 448. The summed E-state index contributed by atoms with van der Waals surface area (Å²) in [5.74, 6) is -0.150. The van der Waals surface area contributed by atoms with E-state index < -0.39 is 5.97 Å². The van der Waals surface area contributed by atoms with Crippen molar-refractivity contribution in [3.63, 3.8) is 0 Å². The minimum Gasteiger partial charge on any atom is -0.462 e. The van der Waals surface area contributed by atoms with Gasteiger partial charge in [-0.1, -0.05) is 0 Å². The van der Waals surface area contributed by atoms with E-state index in [0.717, 1.165) is 18.1 Å². The summed E-state index contributed by atoms with van der Waals surface area (Å²) in [6.45, 7) is 7.94. The van der Waals surface area contributed by atoms with E-state index in [-0.39, 0.29) is 11.9 Å². The van der Waals surface area contributed by atoms with Crippen LogP contribution in [0.4, 0.5) is 10.8 Å². The number of nitrogens with zero attached hydrogens (tertiary/aromatic N) is 3. The first-order valence-corrected chi connectivity index (χ1v) is 7.53. The molecule has 1 unspecified atom stereocenters. The molecule has 0 saturated carbocycles. The van der Waals surface area contributed by atoms with E-state index in [1.165, 1.54) is 11.5 Å². The molecule has 0 aliphatic heterocycles. The molecule has 1 aromatic heterocycles. The highest BCUT2D eigenvalue weighted by molar-refractivity contribution is 7.11. The lowest BCUT2D eigenvalue weighted by atomic mass is 10.2. The topological polar surface area (TPSA) is 71.7 Å². The molecule has 6 nitrogen and oxygen atoms in total. The quantitative estimate of drug-likeness (QED) is 0.773. The molecule has 20 heavy (non-hydrogen) atoms. The molecule has 0 amide bonds. The molecule has 1 heterocycles. The van der Waals surface area contributed by atoms with E-state index in [1.54, 1.807) is 6.92 Å². The standard InChI is InChI=1S/C13H24N4O2S/c1-6-17(9(3)8-16(4)5)12-10(11(14)15-20-12)13(18)19-7-2/h9H,6-8H2,1-5H3,(H2,14,15). The van der Waals surface area contributed by atoms with Crippen LogP contribution in [0.5, 0.6) is 0 Å². The van der Waals surface area contributed by atoms with Gasteiger partial charge in [-0.3, -0.25) is 0 Å². The Morgan fingerprint density at radius 2 is 2.10 bits per heavy atom. The summed E-state index contributed by atoms with van der Waals surface area (Å²) in [6, 6.07) is 0.253. The van der Waals surface area contributed by atoms with Crippen molar-refractivity contribution in [1.29, 1.82) is 0 Å². The second kappa shape index (κ2) is 7.44. The summed E-state index contributed by atoms with van der Waals surface area (Å²) in [6.07, 6.45) is 0. The molecule has 1 aromatic rings. The number of carbonyl (C=O) groups is 1. The Morgan fingerprint density at radius 1 is 1.45 bits per heavy atom. The van der Waals surface area contributed by atoms with Crippen LogP contribution in [0, 0.1) is 0 Å². The molecule has 0 aliphatic carbocycles. The SMILES string of the molecule is CCOC(=O)c1c(N)nsc1N(CC)C(C)CN(C)C. The largest absolute Gasteiger partial charge is 0.462 e. The van der Waals surface area contributed by atoms with Gasteiger partial charge >= 0.3 is 5.97 Å². The third-order valence-corrected chi connectivity index (χ3v) is 3.84. The lowest BCUT2D eigenvalue weighted by Gasteiger charge is -2.31. The van der Waals surface area contributed by atoms with Crippen molar-refractivity contribution in [2.24, 2.45) is 0 Å². The molecule has 2 N–H and O–H groups in total. The zero-order valence-corrected chi connectivity index (χ0v) is 13.7. The van der Waals surface area contributed by atoms with E-state index in [4.69, 9.17) is 10.5 Å². The van der Waals surface area contributed by atoms with Crippen LogP contribution < -0.4 is 10.6 Å². The van der Waals surface area contributed by atoms with Gasteiger partial charge in [0, 0.05) is 19.1 Å². The van der Waals surface area contributed by atoms with Crippen LogP contribution in [-0.2, 0) is 4.74 Å². The second-order valence-electron chi connectivity index (χ2n) is 4.87. The average molecular weight is 300 g/mol. The fraction of sp³-hybridized carbons (Fsp3) is 0.692. The highest BCUT2D eigenvalue weighted by Crippen LogP contribution is 2.32. The maximum atomic E-state index is 12.0. The second-order valence-corrected chi connectivity index (χ2v) is 5.62. The normalized spacial score (nSPS) is 12.5. The summed E-state index contributed by atoms with van der Waals surface area (Å²) in [7, 11) is 4.05. The molecule has 0 bridgehead atoms. The highest BCUT2D eigenvalue weighted by Gasteiger charge is 2.26. The van der Waals surface area contributed by atoms with Crippen LogP contribution >= 0.6 is 11.5 Å². The van der Waals surface area contributed by atoms with Crippen molar-refractivity contribution in [3.8, 4) is 0 Å². The molecule has 0 aromatic carbocycles. The molecule has 1 atom stereocenters. The number of likely N-dealkylation sites (N-methyl/N-ethyl adjacent to an activating group) is 2. The Hall–Kier alpha value is -1.34. The number of aromatic nitrogens is 1. The number of ether oxygens (including phenoxy) is 1. The average Bonchev–Trinajstić information content (AvgIpc) is 2.71. The van der Waals surface area contributed by atoms with Gasteiger partial charge in [0.25, 0.3) is 0 Å². The van der Waals surface area contributed by atoms with Crippen LogP contribution in [0.25, 0.3) is 0 Å². The first-order chi connectivity index (χ1) is 9.42. The lowest BCUT2D eigenvalue weighted by molar-refractivity contribution is 0.0528. The lowest BCUT2D eigenvalue weighted by Crippen LogP contribution is -2.40. The number of hydrogen-bond donors (Lipinski definition) is 1. The first kappa shape index (κ1) is 16.7. The van der Waals surface area contributed by atoms with Gasteiger partial charge < -0.3 is 20.3 Å². The fourth-order valence-electron chi connectivity index (χ4n) is 2.17. The van der Waals surface area contributed by atoms with E-state index in [9.17, 15) is 4.79 Å². The van der Waals surface area contributed by atoms with Crippen molar-refractivity contribution in [2.75, 3.05) is 44.4 Å². The van der Waals surface area contributed by atoms with Crippen molar-refractivity contribution in [2.45, 2.75) is 26.8 Å². The third-order valence-electron chi connectivity index (χ3n) is 2.94. The van der Waals surface area contributed by atoms with Crippen LogP contribution in [0.2, 0.25) is 0 Å². The molecular formula is C13H24N4O2S. The van der Waals surface area contributed by atoms with Crippen LogP contribution in [0.3, 0.4) is 0 Å². The first-order valence-electron chi connectivity index (χ1n) is 6.75. The van der Waals surface area contributed by atoms with E-state index in [0.29, 0.717) is 12.2 Å². The highest BCUT2D eigenvalue weighted by atomic mass is 32.1. The van der Waals surface area contributed by atoms with E-state index in [1.807, 2.05) is 14.1 Å². The van der Waals surface area contributed by atoms with E-state index >= 15 is 0 Å². The zero-order chi connectivity index (χ0) is 15.3. The predicted octanol–water partition coefficient (Wildman–Crippen LogP) is 1.68. The van der Waals surface area contributed by atoms with Gasteiger partial charge in [0.15, 0.2) is 5.82 Å². The zero-order valence-electron chi connectivity index (χ0n) is 12.8. The monoisotopic (exact) mass is 300 g/mol. The van der Waals surface area contributed by atoms with Gasteiger partial charge in [-0.2, -0.15) is 4.37 Å². The van der Waals surface area contributed by atoms with E-state index in [2.05, 4.69) is 28.0 Å². The summed E-state index contributed by atoms with van der Waals surface area (Å²) in [5.41, 5.74) is 6.22. The van der Waals surface area contributed by atoms with Gasteiger partial charge in [-0.15, -0.1) is 0 Å². The maximum Gasteiger partial charge on any atom is 0.345 e. The summed E-state index contributed by atoms with van der Waals surface area (Å²) in [4.78, 5) is 16.3. The van der Waals surface area contributed by atoms with Crippen LogP contribution in [0.15, 0.2) is 0 Å². The van der Waals surface area contributed by atoms with Gasteiger partial charge in [0.05, 0.1) is 6.61 Å². The molecular weight excluding hydrogens is 276 g/mol. The van der Waals surface area contributed by atoms with Gasteiger partial charge in [0.1, 0.15) is 10.6 Å². The van der Waals surface area contributed by atoms with Gasteiger partial charge in [-0.25, -0.2) is 4.79 Å². The number of rotatable bonds is 7.